The molecule has 0 spiro atoms. The van der Waals surface area contributed by atoms with Crippen LogP contribution in [0.4, 0.5) is 0 Å². The van der Waals surface area contributed by atoms with Gasteiger partial charge in [0.1, 0.15) is 0 Å². The molecule has 0 amide bonds. The average Bonchev–Trinajstić information content (AvgIpc) is 1.86. The van der Waals surface area contributed by atoms with Gasteiger partial charge < -0.3 is 9.42 Å². The Bertz CT molecular complexity index is 170. The summed E-state index contributed by atoms with van der Waals surface area (Å²) in [6.45, 7) is 1.85. The molecule has 60 valence electrons. The van der Waals surface area contributed by atoms with Crippen LogP contribution in [-0.2, 0) is 9.09 Å². The minimum absolute atomic E-state index is 0.0225. The molecule has 1 unspecified atom stereocenters. The Labute approximate surface area is 69.7 Å². The van der Waals surface area contributed by atoms with Gasteiger partial charge in [-0.3, -0.25) is 4.57 Å². The first-order valence-corrected chi connectivity index (χ1v) is 5.81. The van der Waals surface area contributed by atoms with E-state index in [1.165, 1.54) is 0 Å². The standard InChI is InChI=1S/C4H9O3PS2/c1-3-7-8(5,6)4(9)10-2/h3H2,1-2H3,(H,5,6). The third kappa shape index (κ3) is 3.12. The molecule has 1 atom stereocenters. The lowest BCUT2D eigenvalue weighted by Crippen LogP contribution is -1.95. The zero-order valence-electron chi connectivity index (χ0n) is 5.73. The van der Waals surface area contributed by atoms with Crippen LogP contribution < -0.4 is 0 Å². The lowest BCUT2D eigenvalue weighted by atomic mass is 10.9. The maximum Gasteiger partial charge on any atom is 0.375 e. The molecule has 0 aromatic heterocycles. The Kier molecular flexibility index (Phi) is 4.73. The SMILES string of the molecule is CCOP(=O)(O)C(=S)SC. The van der Waals surface area contributed by atoms with Crippen molar-refractivity contribution in [2.45, 2.75) is 6.92 Å². The Balaban J connectivity index is 4.11. The molecule has 0 bridgehead atoms. The van der Waals surface area contributed by atoms with Crippen molar-refractivity contribution in [3.8, 4) is 0 Å². The van der Waals surface area contributed by atoms with Crippen LogP contribution in [0.15, 0.2) is 0 Å². The molecule has 0 heterocycles. The van der Waals surface area contributed by atoms with Crippen LogP contribution in [0.25, 0.3) is 0 Å². The van der Waals surface area contributed by atoms with E-state index in [1.807, 2.05) is 0 Å². The van der Waals surface area contributed by atoms with Crippen LogP contribution >= 0.6 is 31.6 Å². The van der Waals surface area contributed by atoms with Gasteiger partial charge in [-0.1, -0.05) is 12.2 Å². The summed E-state index contributed by atoms with van der Waals surface area (Å²) in [6.07, 6.45) is 1.64. The topological polar surface area (TPSA) is 46.5 Å². The van der Waals surface area contributed by atoms with Crippen molar-refractivity contribution in [1.82, 2.24) is 0 Å². The van der Waals surface area contributed by atoms with Gasteiger partial charge in [0.15, 0.2) is 3.94 Å². The van der Waals surface area contributed by atoms with Gasteiger partial charge in [0.05, 0.1) is 6.61 Å². The van der Waals surface area contributed by atoms with Crippen molar-refractivity contribution < 1.29 is 14.0 Å². The summed E-state index contributed by atoms with van der Waals surface area (Å²) in [7, 11) is -3.59. The largest absolute Gasteiger partial charge is 0.375 e. The molecule has 0 aliphatic rings. The highest BCUT2D eigenvalue weighted by molar-refractivity contribution is 8.34. The van der Waals surface area contributed by atoms with E-state index >= 15 is 0 Å². The monoisotopic (exact) mass is 200 g/mol. The van der Waals surface area contributed by atoms with Gasteiger partial charge in [0.25, 0.3) is 0 Å². The number of hydrogen-bond acceptors (Lipinski definition) is 4. The molecule has 1 N–H and O–H groups in total. The first kappa shape index (κ1) is 10.6. The second-order valence-corrected chi connectivity index (χ2v) is 5.24. The van der Waals surface area contributed by atoms with E-state index in [4.69, 9.17) is 4.89 Å². The lowest BCUT2D eigenvalue weighted by molar-refractivity contribution is 0.288. The predicted molar refractivity (Wildman–Crippen MR) is 47.6 cm³/mol. The summed E-state index contributed by atoms with van der Waals surface area (Å²) in [5.41, 5.74) is 0. The molecule has 0 aliphatic heterocycles. The Hall–Kier alpha value is 0.590. The molecule has 0 radical (unpaired) electrons. The predicted octanol–water partition coefficient (Wildman–Crippen LogP) is 1.86. The van der Waals surface area contributed by atoms with E-state index in [2.05, 4.69) is 16.7 Å². The molecule has 10 heavy (non-hydrogen) atoms. The average molecular weight is 200 g/mol. The van der Waals surface area contributed by atoms with Crippen molar-refractivity contribution in [1.29, 1.82) is 0 Å². The van der Waals surface area contributed by atoms with Crippen molar-refractivity contribution >= 4 is 35.5 Å². The van der Waals surface area contributed by atoms with Gasteiger partial charge in [-0.15, -0.1) is 11.8 Å². The summed E-state index contributed by atoms with van der Waals surface area (Å²) >= 11 is 5.65. The van der Waals surface area contributed by atoms with E-state index in [0.717, 1.165) is 11.8 Å². The fourth-order valence-electron chi connectivity index (χ4n) is 0.343. The second kappa shape index (κ2) is 4.46. The smallest absolute Gasteiger partial charge is 0.320 e. The van der Waals surface area contributed by atoms with E-state index in [-0.39, 0.29) is 10.5 Å². The molecule has 3 nitrogen and oxygen atoms in total. The van der Waals surface area contributed by atoms with Crippen molar-refractivity contribution in [2.75, 3.05) is 12.9 Å². The first-order valence-electron chi connectivity index (χ1n) is 2.60. The Morgan fingerprint density at radius 2 is 2.40 bits per heavy atom. The maximum absolute atomic E-state index is 10.9. The van der Waals surface area contributed by atoms with Crippen LogP contribution in [0.5, 0.6) is 0 Å². The van der Waals surface area contributed by atoms with E-state index < -0.39 is 7.60 Å². The summed E-state index contributed by atoms with van der Waals surface area (Å²) in [4.78, 5) is 8.95. The highest BCUT2D eigenvalue weighted by atomic mass is 32.2. The fraction of sp³-hybridized carbons (Fsp3) is 0.750. The van der Waals surface area contributed by atoms with Crippen molar-refractivity contribution in [3.63, 3.8) is 0 Å². The zero-order chi connectivity index (χ0) is 8.20. The highest BCUT2D eigenvalue weighted by Crippen LogP contribution is 2.47. The molecule has 0 rings (SSSR count). The normalized spacial score (nSPS) is 16.3. The highest BCUT2D eigenvalue weighted by Gasteiger charge is 2.24. The van der Waals surface area contributed by atoms with Crippen LogP contribution in [-0.4, -0.2) is 21.7 Å². The van der Waals surface area contributed by atoms with Gasteiger partial charge in [-0.2, -0.15) is 0 Å². The Morgan fingerprint density at radius 1 is 1.90 bits per heavy atom. The molecular weight excluding hydrogens is 191 g/mol. The number of thioether (sulfide) groups is 1. The zero-order valence-corrected chi connectivity index (χ0v) is 8.26. The van der Waals surface area contributed by atoms with Crippen molar-refractivity contribution in [3.05, 3.63) is 0 Å². The van der Waals surface area contributed by atoms with E-state index in [9.17, 15) is 4.57 Å². The van der Waals surface area contributed by atoms with Gasteiger partial charge in [0.2, 0.25) is 0 Å². The summed E-state index contributed by atoms with van der Waals surface area (Å²) < 4.78 is 15.5. The van der Waals surface area contributed by atoms with Gasteiger partial charge in [-0.05, 0) is 13.2 Å². The van der Waals surface area contributed by atoms with E-state index in [0.29, 0.717) is 0 Å². The van der Waals surface area contributed by atoms with Crippen LogP contribution in [0.2, 0.25) is 0 Å². The third-order valence-electron chi connectivity index (χ3n) is 0.709. The fourth-order valence-corrected chi connectivity index (χ4v) is 2.04. The van der Waals surface area contributed by atoms with Crippen molar-refractivity contribution in [2.24, 2.45) is 0 Å². The number of hydrogen-bond donors (Lipinski definition) is 1. The molecular formula is C4H9O3PS2. The summed E-state index contributed by atoms with van der Waals surface area (Å²) in [5, 5.41) is 0. The van der Waals surface area contributed by atoms with Gasteiger partial charge in [0, 0.05) is 0 Å². The second-order valence-electron chi connectivity index (χ2n) is 1.41. The molecule has 0 aromatic carbocycles. The van der Waals surface area contributed by atoms with E-state index in [1.54, 1.807) is 13.2 Å². The van der Waals surface area contributed by atoms with Gasteiger partial charge in [-0.25, -0.2) is 0 Å². The molecule has 6 heteroatoms. The van der Waals surface area contributed by atoms with Crippen LogP contribution in [0.1, 0.15) is 6.92 Å². The maximum atomic E-state index is 10.9. The number of rotatable bonds is 3. The minimum Gasteiger partial charge on any atom is -0.320 e. The third-order valence-corrected chi connectivity index (χ3v) is 4.56. The summed E-state index contributed by atoms with van der Waals surface area (Å²) in [6, 6.07) is 0. The first-order chi connectivity index (χ1) is 4.54. The quantitative estimate of drug-likeness (QED) is 0.556. The van der Waals surface area contributed by atoms with Crippen LogP contribution in [0, 0.1) is 0 Å². The molecule has 0 aliphatic carbocycles. The molecule has 0 aromatic rings. The molecule has 0 saturated carbocycles. The van der Waals surface area contributed by atoms with Gasteiger partial charge >= 0.3 is 7.60 Å². The molecule has 0 saturated heterocycles. The summed E-state index contributed by atoms with van der Waals surface area (Å²) in [5.74, 6) is 0. The Morgan fingerprint density at radius 3 is 2.70 bits per heavy atom. The lowest BCUT2D eigenvalue weighted by Gasteiger charge is -2.08. The molecule has 0 fully saturated rings. The number of thiocarbonyl (C=S) groups is 1. The minimum atomic E-state index is -3.59. The van der Waals surface area contributed by atoms with Crippen LogP contribution in [0.3, 0.4) is 0 Å².